The van der Waals surface area contributed by atoms with Crippen molar-refractivity contribution in [1.29, 1.82) is 0 Å². The number of carbonyl (C=O) groups is 1. The molecular formula is C11H16O. The topological polar surface area (TPSA) is 17.1 Å². The number of Topliss-reactive ketones (excluding diaryl/α,β-unsaturated/α-hetero) is 1. The molecule has 1 nitrogen and oxygen atoms in total. The average molecular weight is 164 g/mol. The van der Waals surface area contributed by atoms with Crippen LogP contribution in [-0.4, -0.2) is 5.78 Å². The summed E-state index contributed by atoms with van der Waals surface area (Å²) in [7, 11) is 0. The van der Waals surface area contributed by atoms with Gasteiger partial charge in [0.2, 0.25) is 0 Å². The summed E-state index contributed by atoms with van der Waals surface area (Å²) >= 11 is 0. The van der Waals surface area contributed by atoms with E-state index in [2.05, 4.69) is 6.08 Å². The molecular weight excluding hydrogens is 148 g/mol. The zero-order valence-electron chi connectivity index (χ0n) is 7.51. The fourth-order valence-corrected chi connectivity index (χ4v) is 2.54. The lowest BCUT2D eigenvalue weighted by Gasteiger charge is -2.36. The van der Waals surface area contributed by atoms with Crippen molar-refractivity contribution in [2.75, 3.05) is 0 Å². The van der Waals surface area contributed by atoms with Gasteiger partial charge in [0.1, 0.15) is 5.78 Å². The summed E-state index contributed by atoms with van der Waals surface area (Å²) < 4.78 is 0. The average Bonchev–Trinajstić information content (AvgIpc) is 2.12. The molecule has 1 heteroatoms. The van der Waals surface area contributed by atoms with Crippen molar-refractivity contribution in [3.05, 3.63) is 12.2 Å². The molecule has 0 amide bonds. The molecule has 0 bridgehead atoms. The van der Waals surface area contributed by atoms with Crippen LogP contribution in [0.3, 0.4) is 0 Å². The Labute approximate surface area is 73.8 Å². The minimum atomic E-state index is 0.0903. The van der Waals surface area contributed by atoms with Crippen LogP contribution in [0.5, 0.6) is 0 Å². The summed E-state index contributed by atoms with van der Waals surface area (Å²) in [6, 6.07) is 0. The molecule has 66 valence electrons. The highest BCUT2D eigenvalue weighted by molar-refractivity contribution is 5.87. The highest BCUT2D eigenvalue weighted by Crippen LogP contribution is 2.42. The summed E-state index contributed by atoms with van der Waals surface area (Å²) in [6.45, 7) is 0. The van der Waals surface area contributed by atoms with Crippen LogP contribution in [0.15, 0.2) is 12.2 Å². The van der Waals surface area contributed by atoms with Crippen LogP contribution in [0.1, 0.15) is 44.9 Å². The fraction of sp³-hybridized carbons (Fsp3) is 0.727. The molecule has 0 aromatic heterocycles. The van der Waals surface area contributed by atoms with Crippen molar-refractivity contribution >= 4 is 5.78 Å². The van der Waals surface area contributed by atoms with Crippen LogP contribution in [0, 0.1) is 5.41 Å². The Bertz CT molecular complexity index is 209. The van der Waals surface area contributed by atoms with E-state index >= 15 is 0 Å². The third-order valence-electron chi connectivity index (χ3n) is 3.38. The molecule has 0 heterocycles. The standard InChI is InChI=1S/C11H16O/c12-10-6-2-5-9-11(10)7-3-1-4-8-11/h2,5H,1,3-4,6-9H2. The van der Waals surface area contributed by atoms with Crippen LogP contribution in [0.2, 0.25) is 0 Å². The molecule has 2 aliphatic carbocycles. The second-order valence-electron chi connectivity index (χ2n) is 4.14. The Morgan fingerprint density at radius 1 is 1.08 bits per heavy atom. The highest BCUT2D eigenvalue weighted by Gasteiger charge is 2.38. The number of ketones is 1. The van der Waals surface area contributed by atoms with Crippen molar-refractivity contribution in [3.63, 3.8) is 0 Å². The van der Waals surface area contributed by atoms with Gasteiger partial charge in [-0.25, -0.2) is 0 Å². The molecule has 0 radical (unpaired) electrons. The lowest BCUT2D eigenvalue weighted by Crippen LogP contribution is -2.34. The Hall–Kier alpha value is -0.590. The third-order valence-corrected chi connectivity index (χ3v) is 3.38. The Morgan fingerprint density at radius 3 is 2.50 bits per heavy atom. The zero-order chi connectivity index (χ0) is 8.44. The van der Waals surface area contributed by atoms with E-state index in [0.717, 1.165) is 19.3 Å². The zero-order valence-corrected chi connectivity index (χ0v) is 7.51. The van der Waals surface area contributed by atoms with Gasteiger partial charge in [-0.3, -0.25) is 4.79 Å². The smallest absolute Gasteiger partial charge is 0.143 e. The van der Waals surface area contributed by atoms with E-state index in [1.807, 2.05) is 6.08 Å². The molecule has 2 aliphatic rings. The van der Waals surface area contributed by atoms with Gasteiger partial charge in [0, 0.05) is 11.8 Å². The predicted octanol–water partition coefficient (Wildman–Crippen LogP) is 2.86. The number of hydrogen-bond donors (Lipinski definition) is 0. The summed E-state index contributed by atoms with van der Waals surface area (Å²) in [5.41, 5.74) is 0.0903. The van der Waals surface area contributed by atoms with E-state index in [4.69, 9.17) is 0 Å². The van der Waals surface area contributed by atoms with Crippen molar-refractivity contribution in [1.82, 2.24) is 0 Å². The van der Waals surface area contributed by atoms with Crippen LogP contribution in [0.4, 0.5) is 0 Å². The molecule has 12 heavy (non-hydrogen) atoms. The van der Waals surface area contributed by atoms with E-state index in [9.17, 15) is 4.79 Å². The molecule has 0 aliphatic heterocycles. The number of rotatable bonds is 0. The van der Waals surface area contributed by atoms with Crippen molar-refractivity contribution in [2.45, 2.75) is 44.9 Å². The second-order valence-corrected chi connectivity index (χ2v) is 4.14. The predicted molar refractivity (Wildman–Crippen MR) is 48.9 cm³/mol. The molecule has 0 aromatic rings. The maximum atomic E-state index is 11.7. The Balaban J connectivity index is 2.16. The van der Waals surface area contributed by atoms with E-state index in [1.165, 1.54) is 19.3 Å². The first-order valence-corrected chi connectivity index (χ1v) is 5.02. The summed E-state index contributed by atoms with van der Waals surface area (Å²) in [5.74, 6) is 0.504. The largest absolute Gasteiger partial charge is 0.299 e. The van der Waals surface area contributed by atoms with Crippen molar-refractivity contribution < 1.29 is 4.79 Å². The van der Waals surface area contributed by atoms with Gasteiger partial charge >= 0.3 is 0 Å². The van der Waals surface area contributed by atoms with Gasteiger partial charge in [0.25, 0.3) is 0 Å². The van der Waals surface area contributed by atoms with Crippen LogP contribution in [0.25, 0.3) is 0 Å². The number of carbonyl (C=O) groups excluding carboxylic acids is 1. The van der Waals surface area contributed by atoms with Gasteiger partial charge in [-0.05, 0) is 19.3 Å². The normalized spacial score (nSPS) is 27.8. The Morgan fingerprint density at radius 2 is 1.83 bits per heavy atom. The summed E-state index contributed by atoms with van der Waals surface area (Å²) in [6.07, 6.45) is 12.1. The third kappa shape index (κ3) is 1.21. The van der Waals surface area contributed by atoms with Crippen LogP contribution < -0.4 is 0 Å². The lowest BCUT2D eigenvalue weighted by molar-refractivity contribution is -0.130. The molecule has 0 saturated heterocycles. The van der Waals surface area contributed by atoms with Gasteiger partial charge in [0.15, 0.2) is 0 Å². The molecule has 0 atom stereocenters. The van der Waals surface area contributed by atoms with E-state index in [-0.39, 0.29) is 5.41 Å². The molecule has 1 spiro atoms. The Kier molecular flexibility index (Phi) is 2.03. The first-order valence-electron chi connectivity index (χ1n) is 5.02. The maximum absolute atomic E-state index is 11.7. The quantitative estimate of drug-likeness (QED) is 0.503. The molecule has 1 saturated carbocycles. The summed E-state index contributed by atoms with van der Waals surface area (Å²) in [4.78, 5) is 11.7. The number of hydrogen-bond acceptors (Lipinski definition) is 1. The number of allylic oxidation sites excluding steroid dienone is 2. The molecule has 2 rings (SSSR count). The van der Waals surface area contributed by atoms with Gasteiger partial charge in [-0.2, -0.15) is 0 Å². The van der Waals surface area contributed by atoms with Gasteiger partial charge < -0.3 is 0 Å². The van der Waals surface area contributed by atoms with Gasteiger partial charge in [0.05, 0.1) is 0 Å². The molecule has 1 fully saturated rings. The van der Waals surface area contributed by atoms with E-state index in [0.29, 0.717) is 12.2 Å². The van der Waals surface area contributed by atoms with Crippen molar-refractivity contribution in [3.8, 4) is 0 Å². The fourth-order valence-electron chi connectivity index (χ4n) is 2.54. The lowest BCUT2D eigenvalue weighted by atomic mass is 9.66. The van der Waals surface area contributed by atoms with Crippen molar-refractivity contribution in [2.24, 2.45) is 5.41 Å². The first-order chi connectivity index (χ1) is 5.83. The SMILES string of the molecule is O=C1CC=CCC12CCCCC2. The first kappa shape index (κ1) is 8.03. The minimum absolute atomic E-state index is 0.0903. The molecule has 0 unspecified atom stereocenters. The van der Waals surface area contributed by atoms with Crippen LogP contribution >= 0.6 is 0 Å². The van der Waals surface area contributed by atoms with E-state index < -0.39 is 0 Å². The minimum Gasteiger partial charge on any atom is -0.299 e. The highest BCUT2D eigenvalue weighted by atomic mass is 16.1. The van der Waals surface area contributed by atoms with Crippen LogP contribution in [-0.2, 0) is 4.79 Å². The second kappa shape index (κ2) is 3.04. The van der Waals surface area contributed by atoms with Gasteiger partial charge in [-0.15, -0.1) is 0 Å². The van der Waals surface area contributed by atoms with Gasteiger partial charge in [-0.1, -0.05) is 31.4 Å². The monoisotopic (exact) mass is 164 g/mol. The maximum Gasteiger partial charge on any atom is 0.143 e. The summed E-state index contributed by atoms with van der Waals surface area (Å²) in [5, 5.41) is 0. The molecule has 0 aromatic carbocycles. The van der Waals surface area contributed by atoms with E-state index in [1.54, 1.807) is 0 Å². The molecule has 0 N–H and O–H groups in total.